The van der Waals surface area contributed by atoms with Crippen molar-refractivity contribution in [2.75, 3.05) is 25.4 Å². The first-order valence-electron chi connectivity index (χ1n) is 8.82. The van der Waals surface area contributed by atoms with E-state index in [4.69, 9.17) is 0 Å². The van der Waals surface area contributed by atoms with Crippen LogP contribution in [0, 0.1) is 0 Å². The number of carbonyl (C=O) groups is 1. The first-order valence-corrected chi connectivity index (χ1v) is 10.7. The molecule has 8 heteroatoms. The lowest BCUT2D eigenvalue weighted by Gasteiger charge is -2.31. The zero-order valence-corrected chi connectivity index (χ0v) is 16.4. The fraction of sp³-hybridized carbons (Fsp3) is 0.588. The topological polar surface area (TPSA) is 63.1 Å². The van der Waals surface area contributed by atoms with Gasteiger partial charge < -0.3 is 14.8 Å². The molecular formula is C17H25N5OS2. The Morgan fingerprint density at radius 2 is 2.12 bits per heavy atom. The molecular weight excluding hydrogens is 354 g/mol. The van der Waals surface area contributed by atoms with E-state index in [-0.39, 0.29) is 5.91 Å². The highest BCUT2D eigenvalue weighted by atomic mass is 32.2. The molecule has 1 amide bonds. The molecule has 1 fully saturated rings. The summed E-state index contributed by atoms with van der Waals surface area (Å²) in [5.41, 5.74) is 0. The Morgan fingerprint density at radius 3 is 2.76 bits per heavy atom. The fourth-order valence-corrected chi connectivity index (χ4v) is 4.59. The number of thioether (sulfide) groups is 1. The molecule has 0 bridgehead atoms. The lowest BCUT2D eigenvalue weighted by Crippen LogP contribution is -2.45. The average Bonchev–Trinajstić information content (AvgIpc) is 3.29. The van der Waals surface area contributed by atoms with Gasteiger partial charge in [-0.15, -0.1) is 21.5 Å². The van der Waals surface area contributed by atoms with Crippen molar-refractivity contribution in [2.45, 2.75) is 44.4 Å². The Hall–Kier alpha value is -1.38. The Balaban J connectivity index is 1.52. The van der Waals surface area contributed by atoms with Crippen molar-refractivity contribution in [3.63, 3.8) is 0 Å². The lowest BCUT2D eigenvalue weighted by atomic mass is 10.1. The van der Waals surface area contributed by atoms with Crippen molar-refractivity contribution in [3.8, 4) is 10.7 Å². The number of rotatable bonds is 7. The number of amides is 1. The zero-order valence-electron chi connectivity index (χ0n) is 14.8. The number of nitrogens with one attached hydrogen (secondary N) is 1. The molecule has 1 aliphatic heterocycles. The van der Waals surface area contributed by atoms with Crippen molar-refractivity contribution in [1.29, 1.82) is 0 Å². The van der Waals surface area contributed by atoms with Crippen LogP contribution in [-0.2, 0) is 11.3 Å². The SMILES string of the molecule is CCN1CCC(NC(=O)CSc2nnc(-c3cccs3)n2CC)CC1. The molecule has 2 aromatic heterocycles. The van der Waals surface area contributed by atoms with E-state index in [0.29, 0.717) is 11.8 Å². The Bertz CT molecular complexity index is 677. The van der Waals surface area contributed by atoms with E-state index in [1.54, 1.807) is 11.3 Å². The van der Waals surface area contributed by atoms with Gasteiger partial charge in [0.1, 0.15) is 0 Å². The van der Waals surface area contributed by atoms with Gasteiger partial charge >= 0.3 is 0 Å². The number of piperidine rings is 1. The highest BCUT2D eigenvalue weighted by molar-refractivity contribution is 7.99. The molecule has 25 heavy (non-hydrogen) atoms. The number of hydrogen-bond acceptors (Lipinski definition) is 6. The van der Waals surface area contributed by atoms with Crippen molar-refractivity contribution >= 4 is 29.0 Å². The molecule has 0 radical (unpaired) electrons. The number of aromatic nitrogens is 3. The summed E-state index contributed by atoms with van der Waals surface area (Å²) in [5, 5.41) is 14.6. The molecule has 1 N–H and O–H groups in total. The van der Waals surface area contributed by atoms with Crippen molar-refractivity contribution in [2.24, 2.45) is 0 Å². The number of thiophene rings is 1. The molecule has 0 atom stereocenters. The average molecular weight is 380 g/mol. The summed E-state index contributed by atoms with van der Waals surface area (Å²) in [4.78, 5) is 15.8. The van der Waals surface area contributed by atoms with E-state index in [0.717, 1.165) is 54.9 Å². The van der Waals surface area contributed by atoms with E-state index in [2.05, 4.69) is 38.8 Å². The number of likely N-dealkylation sites (tertiary alicyclic amines) is 1. The van der Waals surface area contributed by atoms with Crippen LogP contribution in [0.5, 0.6) is 0 Å². The number of carbonyl (C=O) groups excluding carboxylic acids is 1. The maximum atomic E-state index is 12.3. The predicted octanol–water partition coefficient (Wildman–Crippen LogP) is 2.72. The standard InChI is InChI=1S/C17H25N5OS2/c1-3-21-9-7-13(8-10-21)18-15(23)12-25-17-20-19-16(22(17)4-2)14-6-5-11-24-14/h5-6,11,13H,3-4,7-10,12H2,1-2H3,(H,18,23). The van der Waals surface area contributed by atoms with Crippen LogP contribution >= 0.6 is 23.1 Å². The number of hydrogen-bond donors (Lipinski definition) is 1. The molecule has 0 saturated carbocycles. The van der Waals surface area contributed by atoms with Crippen LogP contribution in [0.2, 0.25) is 0 Å². The van der Waals surface area contributed by atoms with Gasteiger partial charge in [-0.2, -0.15) is 0 Å². The van der Waals surface area contributed by atoms with Crippen molar-refractivity contribution < 1.29 is 4.79 Å². The second-order valence-electron chi connectivity index (χ2n) is 6.09. The first kappa shape index (κ1) is 18.4. The zero-order chi connectivity index (χ0) is 17.6. The van der Waals surface area contributed by atoms with Crippen LogP contribution in [0.3, 0.4) is 0 Å². The van der Waals surface area contributed by atoms with Crippen LogP contribution in [-0.4, -0.2) is 57.0 Å². The van der Waals surface area contributed by atoms with Gasteiger partial charge in [0, 0.05) is 25.7 Å². The maximum absolute atomic E-state index is 12.3. The Morgan fingerprint density at radius 1 is 1.32 bits per heavy atom. The summed E-state index contributed by atoms with van der Waals surface area (Å²) in [6, 6.07) is 4.37. The third kappa shape index (κ3) is 4.62. The molecule has 6 nitrogen and oxygen atoms in total. The second kappa shape index (κ2) is 8.82. The molecule has 0 spiro atoms. The quantitative estimate of drug-likeness (QED) is 0.750. The van der Waals surface area contributed by atoms with E-state index >= 15 is 0 Å². The summed E-state index contributed by atoms with van der Waals surface area (Å²) >= 11 is 3.12. The molecule has 0 aromatic carbocycles. The van der Waals surface area contributed by atoms with E-state index < -0.39 is 0 Å². The first-order chi connectivity index (χ1) is 12.2. The molecule has 3 heterocycles. The van der Waals surface area contributed by atoms with Crippen molar-refractivity contribution in [3.05, 3.63) is 17.5 Å². The van der Waals surface area contributed by atoms with Crippen LogP contribution < -0.4 is 5.32 Å². The molecule has 2 aromatic rings. The Labute approximate surface area is 157 Å². The van der Waals surface area contributed by atoms with Gasteiger partial charge in [-0.05, 0) is 37.8 Å². The molecule has 3 rings (SSSR count). The normalized spacial score (nSPS) is 16.2. The third-order valence-electron chi connectivity index (χ3n) is 4.51. The van der Waals surface area contributed by atoms with Gasteiger partial charge in [0.2, 0.25) is 5.91 Å². The summed E-state index contributed by atoms with van der Waals surface area (Å²) < 4.78 is 2.07. The van der Waals surface area contributed by atoms with E-state index in [1.807, 2.05) is 17.5 Å². The molecule has 1 aliphatic rings. The van der Waals surface area contributed by atoms with E-state index in [1.165, 1.54) is 11.8 Å². The van der Waals surface area contributed by atoms with Crippen LogP contribution in [0.1, 0.15) is 26.7 Å². The van der Waals surface area contributed by atoms with Gasteiger partial charge in [0.25, 0.3) is 0 Å². The minimum absolute atomic E-state index is 0.0864. The minimum atomic E-state index is 0.0864. The lowest BCUT2D eigenvalue weighted by molar-refractivity contribution is -0.119. The Kier molecular flexibility index (Phi) is 6.50. The third-order valence-corrected chi connectivity index (χ3v) is 6.34. The smallest absolute Gasteiger partial charge is 0.230 e. The number of nitrogens with zero attached hydrogens (tertiary/aromatic N) is 4. The summed E-state index contributed by atoms with van der Waals surface area (Å²) in [6.45, 7) is 8.29. The highest BCUT2D eigenvalue weighted by Gasteiger charge is 2.20. The summed E-state index contributed by atoms with van der Waals surface area (Å²) in [6.07, 6.45) is 2.08. The van der Waals surface area contributed by atoms with Gasteiger partial charge in [-0.3, -0.25) is 4.79 Å². The van der Waals surface area contributed by atoms with E-state index in [9.17, 15) is 4.79 Å². The van der Waals surface area contributed by atoms with Gasteiger partial charge in [0.05, 0.1) is 10.6 Å². The van der Waals surface area contributed by atoms with Crippen LogP contribution in [0.15, 0.2) is 22.7 Å². The van der Waals surface area contributed by atoms with Crippen LogP contribution in [0.4, 0.5) is 0 Å². The molecule has 136 valence electrons. The molecule has 0 unspecified atom stereocenters. The summed E-state index contributed by atoms with van der Waals surface area (Å²) in [5.74, 6) is 1.35. The maximum Gasteiger partial charge on any atom is 0.230 e. The second-order valence-corrected chi connectivity index (χ2v) is 7.98. The van der Waals surface area contributed by atoms with Gasteiger partial charge in [-0.25, -0.2) is 0 Å². The van der Waals surface area contributed by atoms with Gasteiger partial charge in [-0.1, -0.05) is 24.8 Å². The fourth-order valence-electron chi connectivity index (χ4n) is 3.06. The largest absolute Gasteiger partial charge is 0.353 e. The molecule has 1 saturated heterocycles. The minimum Gasteiger partial charge on any atom is -0.353 e. The monoisotopic (exact) mass is 379 g/mol. The van der Waals surface area contributed by atoms with Gasteiger partial charge in [0.15, 0.2) is 11.0 Å². The molecule has 0 aliphatic carbocycles. The summed E-state index contributed by atoms with van der Waals surface area (Å²) in [7, 11) is 0. The van der Waals surface area contributed by atoms with Crippen LogP contribution in [0.25, 0.3) is 10.7 Å². The predicted molar refractivity (Wildman–Crippen MR) is 103 cm³/mol. The highest BCUT2D eigenvalue weighted by Crippen LogP contribution is 2.27. The van der Waals surface area contributed by atoms with Crippen molar-refractivity contribution in [1.82, 2.24) is 25.0 Å².